The molecule has 0 aromatic heterocycles. The standard InChI is InChI=1S/C17H26N4OS/c1-4-18-17(20-11-16(22)21-14-7-8-14)19-10-13-6-5-12(2)9-15(13)23-3/h5-6,9,14H,4,7-8,10-11H2,1-3H3,(H,21,22)(H2,18,19,20). The van der Waals surface area contributed by atoms with Crippen molar-refractivity contribution in [2.75, 3.05) is 19.3 Å². The first kappa shape index (κ1) is 17.7. The van der Waals surface area contributed by atoms with Crippen LogP contribution in [-0.4, -0.2) is 37.3 Å². The number of hydrogen-bond donors (Lipinski definition) is 3. The molecule has 1 aromatic rings. The molecular formula is C17H26N4OS. The number of benzene rings is 1. The van der Waals surface area contributed by atoms with Crippen LogP contribution in [0.5, 0.6) is 0 Å². The van der Waals surface area contributed by atoms with Crippen molar-refractivity contribution in [1.82, 2.24) is 16.0 Å². The summed E-state index contributed by atoms with van der Waals surface area (Å²) in [5, 5.41) is 9.23. The molecule has 5 nitrogen and oxygen atoms in total. The van der Waals surface area contributed by atoms with Crippen molar-refractivity contribution in [2.45, 2.75) is 44.2 Å². The molecule has 1 fully saturated rings. The summed E-state index contributed by atoms with van der Waals surface area (Å²) in [5.74, 6) is 0.698. The Hall–Kier alpha value is -1.69. The van der Waals surface area contributed by atoms with Crippen LogP contribution in [0, 0.1) is 6.92 Å². The first-order valence-corrected chi connectivity index (χ1v) is 9.30. The molecule has 3 N–H and O–H groups in total. The molecule has 1 aliphatic rings. The molecule has 6 heteroatoms. The van der Waals surface area contributed by atoms with E-state index in [1.807, 2.05) is 6.92 Å². The summed E-state index contributed by atoms with van der Waals surface area (Å²) in [6, 6.07) is 6.79. The van der Waals surface area contributed by atoms with Crippen LogP contribution in [0.2, 0.25) is 0 Å². The van der Waals surface area contributed by atoms with Crippen LogP contribution in [0.4, 0.5) is 0 Å². The molecule has 0 bridgehead atoms. The highest BCUT2D eigenvalue weighted by Crippen LogP contribution is 2.22. The Morgan fingerprint density at radius 1 is 1.35 bits per heavy atom. The maximum atomic E-state index is 11.8. The Kier molecular flexibility index (Phi) is 6.77. The van der Waals surface area contributed by atoms with E-state index in [9.17, 15) is 4.79 Å². The van der Waals surface area contributed by atoms with Gasteiger partial charge in [0.15, 0.2) is 5.96 Å². The molecule has 1 saturated carbocycles. The van der Waals surface area contributed by atoms with E-state index in [0.29, 0.717) is 18.5 Å². The lowest BCUT2D eigenvalue weighted by Crippen LogP contribution is -2.43. The Bertz CT molecular complexity index is 570. The highest BCUT2D eigenvalue weighted by Gasteiger charge is 2.22. The molecule has 0 saturated heterocycles. The van der Waals surface area contributed by atoms with Gasteiger partial charge in [-0.2, -0.15) is 0 Å². The van der Waals surface area contributed by atoms with Crippen molar-refractivity contribution < 1.29 is 4.79 Å². The molecule has 1 aliphatic carbocycles. The molecule has 2 rings (SSSR count). The van der Waals surface area contributed by atoms with E-state index in [1.165, 1.54) is 16.0 Å². The lowest BCUT2D eigenvalue weighted by molar-refractivity contribution is -0.120. The normalized spacial score (nSPS) is 14.5. The van der Waals surface area contributed by atoms with Gasteiger partial charge in [-0.15, -0.1) is 11.8 Å². The maximum absolute atomic E-state index is 11.8. The quantitative estimate of drug-likeness (QED) is 0.406. The summed E-state index contributed by atoms with van der Waals surface area (Å²) in [5.41, 5.74) is 2.45. The summed E-state index contributed by atoms with van der Waals surface area (Å²) in [7, 11) is 0. The van der Waals surface area contributed by atoms with Crippen molar-refractivity contribution in [3.63, 3.8) is 0 Å². The largest absolute Gasteiger partial charge is 0.357 e. The minimum Gasteiger partial charge on any atom is -0.357 e. The number of carbonyl (C=O) groups is 1. The second-order valence-corrected chi connectivity index (χ2v) is 6.55. The SMILES string of the molecule is CCNC(=NCc1ccc(C)cc1SC)NCC(=O)NC1CC1. The first-order chi connectivity index (χ1) is 11.1. The van der Waals surface area contributed by atoms with Gasteiger partial charge in [-0.3, -0.25) is 4.79 Å². The lowest BCUT2D eigenvalue weighted by Gasteiger charge is -2.12. The number of thioether (sulfide) groups is 1. The molecule has 0 heterocycles. The highest BCUT2D eigenvalue weighted by atomic mass is 32.2. The van der Waals surface area contributed by atoms with E-state index in [2.05, 4.69) is 52.3 Å². The third-order valence-corrected chi connectivity index (χ3v) is 4.37. The summed E-state index contributed by atoms with van der Waals surface area (Å²) < 4.78 is 0. The zero-order chi connectivity index (χ0) is 16.7. The van der Waals surface area contributed by atoms with E-state index in [-0.39, 0.29) is 12.5 Å². The fourth-order valence-corrected chi connectivity index (χ4v) is 2.86. The minimum atomic E-state index is 0.0261. The summed E-state index contributed by atoms with van der Waals surface area (Å²) >= 11 is 1.73. The topological polar surface area (TPSA) is 65.5 Å². The van der Waals surface area contributed by atoms with Crippen LogP contribution < -0.4 is 16.0 Å². The van der Waals surface area contributed by atoms with Gasteiger partial charge in [0, 0.05) is 17.5 Å². The minimum absolute atomic E-state index is 0.0261. The summed E-state index contributed by atoms with van der Waals surface area (Å²) in [4.78, 5) is 17.6. The van der Waals surface area contributed by atoms with Crippen molar-refractivity contribution in [3.8, 4) is 0 Å². The lowest BCUT2D eigenvalue weighted by atomic mass is 10.1. The second kappa shape index (κ2) is 8.82. The predicted octanol–water partition coefficient (Wildman–Crippen LogP) is 2.05. The first-order valence-electron chi connectivity index (χ1n) is 8.07. The highest BCUT2D eigenvalue weighted by molar-refractivity contribution is 7.98. The smallest absolute Gasteiger partial charge is 0.239 e. The molecule has 0 atom stereocenters. The van der Waals surface area contributed by atoms with Gasteiger partial charge in [0.1, 0.15) is 0 Å². The van der Waals surface area contributed by atoms with Crippen LogP contribution >= 0.6 is 11.8 Å². The average molecular weight is 334 g/mol. The van der Waals surface area contributed by atoms with Crippen molar-refractivity contribution in [3.05, 3.63) is 29.3 Å². The van der Waals surface area contributed by atoms with Crippen LogP contribution in [0.1, 0.15) is 30.9 Å². The molecule has 1 amide bonds. The van der Waals surface area contributed by atoms with Crippen LogP contribution in [0.3, 0.4) is 0 Å². The van der Waals surface area contributed by atoms with Gasteiger partial charge in [0.05, 0.1) is 13.1 Å². The molecule has 23 heavy (non-hydrogen) atoms. The Morgan fingerprint density at radius 2 is 2.13 bits per heavy atom. The Balaban J connectivity index is 1.93. The van der Waals surface area contributed by atoms with Crippen molar-refractivity contribution in [1.29, 1.82) is 0 Å². The van der Waals surface area contributed by atoms with E-state index in [4.69, 9.17) is 0 Å². The van der Waals surface area contributed by atoms with Gasteiger partial charge in [-0.25, -0.2) is 4.99 Å². The van der Waals surface area contributed by atoms with Crippen molar-refractivity contribution in [2.24, 2.45) is 4.99 Å². The van der Waals surface area contributed by atoms with Gasteiger partial charge in [-0.1, -0.05) is 12.1 Å². The Morgan fingerprint density at radius 3 is 2.78 bits per heavy atom. The third-order valence-electron chi connectivity index (χ3n) is 3.55. The Labute approximate surface area is 142 Å². The van der Waals surface area contributed by atoms with Crippen LogP contribution in [0.25, 0.3) is 0 Å². The van der Waals surface area contributed by atoms with E-state index in [0.717, 1.165) is 19.4 Å². The van der Waals surface area contributed by atoms with Crippen LogP contribution in [-0.2, 0) is 11.3 Å². The van der Waals surface area contributed by atoms with Gasteiger partial charge in [0.25, 0.3) is 0 Å². The molecule has 0 spiro atoms. The fourth-order valence-electron chi connectivity index (χ4n) is 2.16. The number of hydrogen-bond acceptors (Lipinski definition) is 3. The molecule has 126 valence electrons. The number of nitrogens with zero attached hydrogens (tertiary/aromatic N) is 1. The molecule has 1 aromatic carbocycles. The number of aryl methyl sites for hydroxylation is 1. The number of nitrogens with one attached hydrogen (secondary N) is 3. The fraction of sp³-hybridized carbons (Fsp3) is 0.529. The van der Waals surface area contributed by atoms with Gasteiger partial charge in [0.2, 0.25) is 5.91 Å². The van der Waals surface area contributed by atoms with Gasteiger partial charge < -0.3 is 16.0 Å². The number of rotatable bonds is 7. The molecular weight excluding hydrogens is 308 g/mol. The van der Waals surface area contributed by atoms with E-state index in [1.54, 1.807) is 11.8 Å². The molecule has 0 aliphatic heterocycles. The molecule has 0 radical (unpaired) electrons. The van der Waals surface area contributed by atoms with Gasteiger partial charge in [-0.05, 0) is 50.1 Å². The summed E-state index contributed by atoms with van der Waals surface area (Å²) in [6.07, 6.45) is 4.28. The third kappa shape index (κ3) is 6.14. The number of carbonyl (C=O) groups excluding carboxylic acids is 1. The second-order valence-electron chi connectivity index (χ2n) is 5.71. The van der Waals surface area contributed by atoms with Gasteiger partial charge >= 0.3 is 0 Å². The summed E-state index contributed by atoms with van der Waals surface area (Å²) in [6.45, 7) is 5.72. The maximum Gasteiger partial charge on any atom is 0.239 e. The monoisotopic (exact) mass is 334 g/mol. The zero-order valence-electron chi connectivity index (χ0n) is 14.1. The van der Waals surface area contributed by atoms with E-state index < -0.39 is 0 Å². The number of amides is 1. The van der Waals surface area contributed by atoms with Crippen molar-refractivity contribution >= 4 is 23.6 Å². The number of guanidine groups is 1. The number of aliphatic imine (C=N–C) groups is 1. The average Bonchev–Trinajstić information content (AvgIpc) is 3.34. The van der Waals surface area contributed by atoms with E-state index >= 15 is 0 Å². The zero-order valence-corrected chi connectivity index (χ0v) is 14.9. The predicted molar refractivity (Wildman–Crippen MR) is 96.9 cm³/mol. The van der Waals surface area contributed by atoms with Crippen LogP contribution in [0.15, 0.2) is 28.1 Å². The molecule has 0 unspecified atom stereocenters.